The second-order valence-corrected chi connectivity index (χ2v) is 3.90. The zero-order valence-corrected chi connectivity index (χ0v) is 8.99. The van der Waals surface area contributed by atoms with E-state index < -0.39 is 12.3 Å². The summed E-state index contributed by atoms with van der Waals surface area (Å²) < 4.78 is 36.6. The fourth-order valence-corrected chi connectivity index (χ4v) is 1.54. The second kappa shape index (κ2) is 4.08. The molecule has 0 aliphatic rings. The zero-order valence-electron chi connectivity index (χ0n) is 6.65. The Bertz CT molecular complexity index is 340. The van der Waals surface area contributed by atoms with Gasteiger partial charge in [0.05, 0.1) is 0 Å². The van der Waals surface area contributed by atoms with Gasteiger partial charge in [0.2, 0.25) is 0 Å². The van der Waals surface area contributed by atoms with Crippen molar-refractivity contribution in [3.05, 3.63) is 33.3 Å². The first-order chi connectivity index (χ1) is 6.32. The molecule has 1 aromatic carbocycles. The Morgan fingerprint density at radius 2 is 1.93 bits per heavy atom. The molecule has 14 heavy (non-hydrogen) atoms. The highest BCUT2D eigenvalue weighted by Crippen LogP contribution is 2.36. The van der Waals surface area contributed by atoms with Crippen molar-refractivity contribution in [2.75, 3.05) is 0 Å². The molecule has 0 aliphatic carbocycles. The predicted octanol–water partition coefficient (Wildman–Crippen LogP) is 3.70. The van der Waals surface area contributed by atoms with Gasteiger partial charge in [0.15, 0.2) is 6.10 Å². The van der Waals surface area contributed by atoms with Crippen molar-refractivity contribution in [2.24, 2.45) is 0 Å². The Labute approximate surface area is 91.6 Å². The van der Waals surface area contributed by atoms with Crippen LogP contribution in [-0.4, -0.2) is 11.3 Å². The molecule has 6 heteroatoms. The fraction of sp³-hybridized carbons (Fsp3) is 0.250. The van der Waals surface area contributed by atoms with Gasteiger partial charge in [-0.1, -0.05) is 27.5 Å². The summed E-state index contributed by atoms with van der Waals surface area (Å²) in [5.74, 6) is 0. The first-order valence-electron chi connectivity index (χ1n) is 3.52. The van der Waals surface area contributed by atoms with Gasteiger partial charge in [0.25, 0.3) is 0 Å². The molecule has 0 heterocycles. The fourth-order valence-electron chi connectivity index (χ4n) is 0.900. The standard InChI is InChI=1S/C8H5BrClF3O/c9-6-2-1-4(10)3-5(6)7(14)8(11,12)13/h1-3,7,14H. The van der Waals surface area contributed by atoms with Crippen LogP contribution in [-0.2, 0) is 0 Å². The molecule has 0 spiro atoms. The van der Waals surface area contributed by atoms with Crippen molar-refractivity contribution in [3.63, 3.8) is 0 Å². The van der Waals surface area contributed by atoms with E-state index in [0.29, 0.717) is 0 Å². The van der Waals surface area contributed by atoms with Gasteiger partial charge < -0.3 is 5.11 Å². The molecule has 1 rings (SSSR count). The van der Waals surface area contributed by atoms with Crippen LogP contribution in [0, 0.1) is 0 Å². The summed E-state index contributed by atoms with van der Waals surface area (Å²) in [6.07, 6.45) is -7.21. The molecular weight excluding hydrogens is 284 g/mol. The molecule has 1 nitrogen and oxygen atoms in total. The van der Waals surface area contributed by atoms with Crippen LogP contribution < -0.4 is 0 Å². The quantitative estimate of drug-likeness (QED) is 0.836. The third-order valence-electron chi connectivity index (χ3n) is 1.56. The van der Waals surface area contributed by atoms with Crippen molar-refractivity contribution < 1.29 is 18.3 Å². The third kappa shape index (κ3) is 2.62. The smallest absolute Gasteiger partial charge is 0.379 e. The lowest BCUT2D eigenvalue weighted by Crippen LogP contribution is -2.20. The summed E-state index contributed by atoms with van der Waals surface area (Å²) in [5.41, 5.74) is -0.287. The maximum absolute atomic E-state index is 12.1. The summed E-state index contributed by atoms with van der Waals surface area (Å²) in [7, 11) is 0. The lowest BCUT2D eigenvalue weighted by Gasteiger charge is -2.16. The molecule has 0 saturated heterocycles. The SMILES string of the molecule is OC(c1cc(Cl)ccc1Br)C(F)(F)F. The first kappa shape index (κ1) is 11.8. The summed E-state index contributed by atoms with van der Waals surface area (Å²) >= 11 is 8.42. The van der Waals surface area contributed by atoms with E-state index in [0.717, 1.165) is 6.07 Å². The zero-order chi connectivity index (χ0) is 10.9. The number of rotatable bonds is 1. The number of halogens is 5. The Hall–Kier alpha value is -0.260. The monoisotopic (exact) mass is 288 g/mol. The number of hydrogen-bond acceptors (Lipinski definition) is 1. The van der Waals surface area contributed by atoms with Gasteiger partial charge in [-0.05, 0) is 18.2 Å². The summed E-state index contributed by atoms with van der Waals surface area (Å²) in [4.78, 5) is 0. The normalized spacial score (nSPS) is 14.1. The average Bonchev–Trinajstić information content (AvgIpc) is 2.06. The first-order valence-corrected chi connectivity index (χ1v) is 4.69. The lowest BCUT2D eigenvalue weighted by atomic mass is 10.1. The van der Waals surface area contributed by atoms with E-state index in [1.165, 1.54) is 12.1 Å². The van der Waals surface area contributed by atoms with Crippen LogP contribution in [0.25, 0.3) is 0 Å². The molecule has 78 valence electrons. The molecule has 0 radical (unpaired) electrons. The molecule has 0 amide bonds. The van der Waals surface area contributed by atoms with E-state index in [9.17, 15) is 13.2 Å². The Balaban J connectivity index is 3.12. The number of benzene rings is 1. The number of hydrogen-bond donors (Lipinski definition) is 1. The Morgan fingerprint density at radius 3 is 2.43 bits per heavy atom. The highest BCUT2D eigenvalue weighted by molar-refractivity contribution is 9.10. The van der Waals surface area contributed by atoms with Gasteiger partial charge in [0, 0.05) is 15.1 Å². The second-order valence-electron chi connectivity index (χ2n) is 2.61. The largest absolute Gasteiger partial charge is 0.418 e. The lowest BCUT2D eigenvalue weighted by molar-refractivity contribution is -0.207. The average molecular weight is 289 g/mol. The highest BCUT2D eigenvalue weighted by Gasteiger charge is 2.40. The minimum Gasteiger partial charge on any atom is -0.379 e. The van der Waals surface area contributed by atoms with Crippen LogP contribution >= 0.6 is 27.5 Å². The summed E-state index contributed by atoms with van der Waals surface area (Å²) in [6.45, 7) is 0. The van der Waals surface area contributed by atoms with Crippen LogP contribution in [0.5, 0.6) is 0 Å². The van der Waals surface area contributed by atoms with Crippen molar-refractivity contribution in [1.82, 2.24) is 0 Å². The van der Waals surface area contributed by atoms with E-state index in [1.807, 2.05) is 0 Å². The molecule has 1 unspecified atom stereocenters. The number of alkyl halides is 3. The van der Waals surface area contributed by atoms with Crippen molar-refractivity contribution >= 4 is 27.5 Å². The van der Waals surface area contributed by atoms with Gasteiger partial charge in [-0.2, -0.15) is 13.2 Å². The van der Waals surface area contributed by atoms with Crippen LogP contribution in [0.4, 0.5) is 13.2 Å². The van der Waals surface area contributed by atoms with E-state index in [1.54, 1.807) is 0 Å². The van der Waals surface area contributed by atoms with Crippen LogP contribution in [0.2, 0.25) is 5.02 Å². The van der Waals surface area contributed by atoms with Crippen LogP contribution in [0.3, 0.4) is 0 Å². The van der Waals surface area contributed by atoms with Crippen molar-refractivity contribution in [3.8, 4) is 0 Å². The molecule has 0 fully saturated rings. The molecule has 1 N–H and O–H groups in total. The van der Waals surface area contributed by atoms with Crippen molar-refractivity contribution in [2.45, 2.75) is 12.3 Å². The van der Waals surface area contributed by atoms with Gasteiger partial charge in [-0.3, -0.25) is 0 Å². The van der Waals surface area contributed by atoms with E-state index in [2.05, 4.69) is 15.9 Å². The molecule has 1 atom stereocenters. The van der Waals surface area contributed by atoms with Crippen LogP contribution in [0.15, 0.2) is 22.7 Å². The number of aliphatic hydroxyl groups is 1. The van der Waals surface area contributed by atoms with Crippen LogP contribution in [0.1, 0.15) is 11.7 Å². The molecule has 1 aromatic rings. The van der Waals surface area contributed by atoms with Gasteiger partial charge in [0.1, 0.15) is 0 Å². The molecule has 0 aliphatic heterocycles. The molecule has 0 aromatic heterocycles. The Kier molecular flexibility index (Phi) is 3.44. The molecular formula is C8H5BrClF3O. The topological polar surface area (TPSA) is 20.2 Å². The van der Waals surface area contributed by atoms with E-state index >= 15 is 0 Å². The van der Waals surface area contributed by atoms with Crippen molar-refractivity contribution in [1.29, 1.82) is 0 Å². The highest BCUT2D eigenvalue weighted by atomic mass is 79.9. The summed E-state index contributed by atoms with van der Waals surface area (Å²) in [5, 5.41) is 9.09. The maximum atomic E-state index is 12.1. The number of aliphatic hydroxyl groups excluding tert-OH is 1. The van der Waals surface area contributed by atoms with E-state index in [4.69, 9.17) is 16.7 Å². The molecule has 0 saturated carbocycles. The minimum absolute atomic E-state index is 0.145. The maximum Gasteiger partial charge on any atom is 0.418 e. The Morgan fingerprint density at radius 1 is 1.36 bits per heavy atom. The van der Waals surface area contributed by atoms with E-state index in [-0.39, 0.29) is 15.1 Å². The third-order valence-corrected chi connectivity index (χ3v) is 2.52. The van der Waals surface area contributed by atoms with Gasteiger partial charge in [-0.25, -0.2) is 0 Å². The summed E-state index contributed by atoms with van der Waals surface area (Å²) in [6, 6.07) is 3.86. The molecule has 0 bridgehead atoms. The minimum atomic E-state index is -4.69. The van der Waals surface area contributed by atoms with Gasteiger partial charge in [-0.15, -0.1) is 0 Å². The predicted molar refractivity (Wildman–Crippen MR) is 50.2 cm³/mol. The van der Waals surface area contributed by atoms with Gasteiger partial charge >= 0.3 is 6.18 Å².